The number of benzene rings is 2. The van der Waals surface area contributed by atoms with Gasteiger partial charge in [0.05, 0.1) is 5.02 Å². The Balaban J connectivity index is 1.45. The number of hydrogen-bond donors (Lipinski definition) is 1. The number of fused-ring (bicyclic) bond motifs is 1. The molecule has 0 saturated carbocycles. The van der Waals surface area contributed by atoms with Gasteiger partial charge in [0.1, 0.15) is 23.7 Å². The van der Waals surface area contributed by atoms with Gasteiger partial charge in [-0.15, -0.1) is 10.2 Å². The highest BCUT2D eigenvalue weighted by molar-refractivity contribution is 7.13. The Morgan fingerprint density at radius 2 is 1.96 bits per heavy atom. The summed E-state index contributed by atoms with van der Waals surface area (Å²) in [6.45, 7) is 0.134. The average molecular weight is 415 g/mol. The number of rotatable bonds is 5. The predicted octanol–water partition coefficient (Wildman–Crippen LogP) is 4.71. The van der Waals surface area contributed by atoms with Gasteiger partial charge in [-0.25, -0.2) is 4.39 Å². The zero-order chi connectivity index (χ0) is 19.5. The highest BCUT2D eigenvalue weighted by Crippen LogP contribution is 2.30. The maximum atomic E-state index is 12.9. The first kappa shape index (κ1) is 18.3. The molecule has 0 bridgehead atoms. The van der Waals surface area contributed by atoms with Crippen molar-refractivity contribution in [3.05, 3.63) is 75.6 Å². The third-order valence-corrected chi connectivity index (χ3v) is 5.02. The SMILES string of the molecule is O=C(Nc1ccc(F)cc1)c1nnc(COc2ccc(Cl)c3cccnc23)s1. The molecule has 2 heterocycles. The number of pyridine rings is 1. The second-order valence-electron chi connectivity index (χ2n) is 5.70. The molecule has 0 spiro atoms. The fourth-order valence-corrected chi connectivity index (χ4v) is 3.35. The van der Waals surface area contributed by atoms with Crippen LogP contribution in [0.25, 0.3) is 10.9 Å². The van der Waals surface area contributed by atoms with Crippen LogP contribution < -0.4 is 10.1 Å². The highest BCUT2D eigenvalue weighted by Gasteiger charge is 2.14. The fraction of sp³-hybridized carbons (Fsp3) is 0.0526. The van der Waals surface area contributed by atoms with E-state index in [2.05, 4.69) is 20.5 Å². The molecule has 9 heteroatoms. The fourth-order valence-electron chi connectivity index (χ4n) is 2.49. The molecule has 4 rings (SSSR count). The first-order valence-corrected chi connectivity index (χ1v) is 9.35. The number of hydrogen-bond acceptors (Lipinski definition) is 6. The van der Waals surface area contributed by atoms with Crippen molar-refractivity contribution in [1.82, 2.24) is 15.2 Å². The summed E-state index contributed by atoms with van der Waals surface area (Å²) in [4.78, 5) is 16.5. The molecule has 0 radical (unpaired) electrons. The van der Waals surface area contributed by atoms with Crippen molar-refractivity contribution in [2.75, 3.05) is 5.32 Å². The minimum Gasteiger partial charge on any atom is -0.484 e. The van der Waals surface area contributed by atoms with E-state index in [1.807, 2.05) is 6.07 Å². The zero-order valence-corrected chi connectivity index (χ0v) is 15.8. The molecule has 140 valence electrons. The van der Waals surface area contributed by atoms with Gasteiger partial charge in [0.2, 0.25) is 5.01 Å². The summed E-state index contributed by atoms with van der Waals surface area (Å²) in [7, 11) is 0. The molecule has 4 aromatic rings. The van der Waals surface area contributed by atoms with E-state index >= 15 is 0 Å². The normalized spacial score (nSPS) is 10.8. The van der Waals surface area contributed by atoms with Crippen molar-refractivity contribution in [2.24, 2.45) is 0 Å². The Labute approximate surface area is 168 Å². The van der Waals surface area contributed by atoms with E-state index < -0.39 is 5.91 Å². The lowest BCUT2D eigenvalue weighted by atomic mass is 10.2. The van der Waals surface area contributed by atoms with Gasteiger partial charge < -0.3 is 10.1 Å². The molecule has 0 atom stereocenters. The maximum absolute atomic E-state index is 12.9. The van der Waals surface area contributed by atoms with E-state index in [9.17, 15) is 9.18 Å². The topological polar surface area (TPSA) is 77.0 Å². The second-order valence-corrected chi connectivity index (χ2v) is 7.17. The number of aromatic nitrogens is 3. The summed E-state index contributed by atoms with van der Waals surface area (Å²) in [5.74, 6) is -0.237. The van der Waals surface area contributed by atoms with Crippen LogP contribution in [0.2, 0.25) is 5.02 Å². The molecule has 0 fully saturated rings. The van der Waals surface area contributed by atoms with E-state index in [0.29, 0.717) is 27.0 Å². The predicted molar refractivity (Wildman–Crippen MR) is 105 cm³/mol. The largest absolute Gasteiger partial charge is 0.484 e. The average Bonchev–Trinajstić information content (AvgIpc) is 3.19. The van der Waals surface area contributed by atoms with Crippen LogP contribution in [-0.2, 0) is 6.61 Å². The molecule has 0 unspecified atom stereocenters. The molecule has 0 saturated heterocycles. The number of nitrogens with one attached hydrogen (secondary N) is 1. The number of carbonyl (C=O) groups excluding carboxylic acids is 1. The molecule has 2 aromatic heterocycles. The maximum Gasteiger partial charge on any atom is 0.286 e. The van der Waals surface area contributed by atoms with Gasteiger partial charge in [0.25, 0.3) is 5.91 Å². The third kappa shape index (κ3) is 3.92. The van der Waals surface area contributed by atoms with Crippen LogP contribution in [0.1, 0.15) is 14.8 Å². The monoisotopic (exact) mass is 414 g/mol. The summed E-state index contributed by atoms with van der Waals surface area (Å²) in [5.41, 5.74) is 1.12. The van der Waals surface area contributed by atoms with Gasteiger partial charge in [-0.3, -0.25) is 9.78 Å². The van der Waals surface area contributed by atoms with Crippen LogP contribution in [0.5, 0.6) is 5.75 Å². The van der Waals surface area contributed by atoms with Gasteiger partial charge in [-0.1, -0.05) is 22.9 Å². The Kier molecular flexibility index (Phi) is 5.14. The molecular formula is C19H12ClFN4O2S. The van der Waals surface area contributed by atoms with Crippen molar-refractivity contribution in [3.8, 4) is 5.75 Å². The number of anilines is 1. The van der Waals surface area contributed by atoms with Crippen molar-refractivity contribution in [1.29, 1.82) is 0 Å². The van der Waals surface area contributed by atoms with Crippen molar-refractivity contribution in [3.63, 3.8) is 0 Å². The Morgan fingerprint density at radius 3 is 2.79 bits per heavy atom. The number of ether oxygens (including phenoxy) is 1. The zero-order valence-electron chi connectivity index (χ0n) is 14.2. The van der Waals surface area contributed by atoms with Gasteiger partial charge >= 0.3 is 0 Å². The standard InChI is InChI=1S/C19H12ClFN4O2S/c20-14-7-8-15(17-13(14)2-1-9-22-17)27-10-16-24-25-19(28-16)18(26)23-12-5-3-11(21)4-6-12/h1-9H,10H2,(H,23,26). The van der Waals surface area contributed by atoms with Crippen molar-refractivity contribution in [2.45, 2.75) is 6.61 Å². The molecule has 28 heavy (non-hydrogen) atoms. The minimum atomic E-state index is -0.422. The minimum absolute atomic E-state index is 0.134. The molecule has 6 nitrogen and oxygen atoms in total. The smallest absolute Gasteiger partial charge is 0.286 e. The molecule has 2 aromatic carbocycles. The highest BCUT2D eigenvalue weighted by atomic mass is 35.5. The quantitative estimate of drug-likeness (QED) is 0.511. The van der Waals surface area contributed by atoms with Gasteiger partial charge in [-0.05, 0) is 48.5 Å². The number of halogens is 2. The van der Waals surface area contributed by atoms with Crippen LogP contribution in [0.3, 0.4) is 0 Å². The lowest BCUT2D eigenvalue weighted by molar-refractivity contribution is 0.102. The molecule has 0 aliphatic rings. The van der Waals surface area contributed by atoms with E-state index in [4.69, 9.17) is 16.3 Å². The summed E-state index contributed by atoms with van der Waals surface area (Å²) in [6.07, 6.45) is 1.66. The van der Waals surface area contributed by atoms with Gasteiger partial charge in [0.15, 0.2) is 5.01 Å². The van der Waals surface area contributed by atoms with E-state index in [1.54, 1.807) is 24.4 Å². The van der Waals surface area contributed by atoms with E-state index in [1.165, 1.54) is 24.3 Å². The van der Waals surface area contributed by atoms with E-state index in [0.717, 1.165) is 16.7 Å². The summed E-state index contributed by atoms with van der Waals surface area (Å²) >= 11 is 7.29. The number of amides is 1. The summed E-state index contributed by atoms with van der Waals surface area (Å²) in [5, 5.41) is 12.6. The first-order valence-electron chi connectivity index (χ1n) is 8.15. The van der Waals surface area contributed by atoms with Crippen molar-refractivity contribution < 1.29 is 13.9 Å². The van der Waals surface area contributed by atoms with Gasteiger partial charge in [0, 0.05) is 17.3 Å². The molecule has 1 N–H and O–H groups in total. The molecule has 0 aliphatic heterocycles. The first-order chi connectivity index (χ1) is 13.6. The van der Waals surface area contributed by atoms with E-state index in [-0.39, 0.29) is 17.4 Å². The van der Waals surface area contributed by atoms with Crippen LogP contribution in [0, 0.1) is 5.82 Å². The lowest BCUT2D eigenvalue weighted by Gasteiger charge is -2.07. The van der Waals surface area contributed by atoms with Crippen LogP contribution in [0.15, 0.2) is 54.7 Å². The van der Waals surface area contributed by atoms with Crippen LogP contribution in [-0.4, -0.2) is 21.1 Å². The van der Waals surface area contributed by atoms with Crippen LogP contribution in [0.4, 0.5) is 10.1 Å². The number of carbonyl (C=O) groups is 1. The molecule has 0 aliphatic carbocycles. The van der Waals surface area contributed by atoms with Crippen molar-refractivity contribution >= 4 is 45.4 Å². The second kappa shape index (κ2) is 7.87. The Hall–Kier alpha value is -3.10. The molecular weight excluding hydrogens is 403 g/mol. The number of nitrogens with zero attached hydrogens (tertiary/aromatic N) is 3. The van der Waals surface area contributed by atoms with Gasteiger partial charge in [-0.2, -0.15) is 0 Å². The molecule has 1 amide bonds. The Bertz CT molecular complexity index is 1150. The van der Waals surface area contributed by atoms with Crippen LogP contribution >= 0.6 is 22.9 Å². The summed E-state index contributed by atoms with van der Waals surface area (Å²) in [6, 6.07) is 12.6. The Morgan fingerprint density at radius 1 is 1.14 bits per heavy atom. The lowest BCUT2D eigenvalue weighted by Crippen LogP contribution is -2.11. The third-order valence-electron chi connectivity index (χ3n) is 3.79. The summed E-state index contributed by atoms with van der Waals surface area (Å²) < 4.78 is 18.7.